The van der Waals surface area contributed by atoms with E-state index in [0.29, 0.717) is 0 Å². The number of aromatic nitrogens is 2. The molecular formula is C28H27N2O3S+. The molecule has 0 amide bonds. The van der Waals surface area contributed by atoms with Crippen molar-refractivity contribution in [2.45, 2.75) is 19.4 Å². The number of hydrogen-bond acceptors (Lipinski definition) is 4. The van der Waals surface area contributed by atoms with Crippen molar-refractivity contribution in [2.75, 3.05) is 5.75 Å². The van der Waals surface area contributed by atoms with E-state index < -0.39 is 0 Å². The fraction of sp³-hybridized carbons (Fsp3) is 0.179. The molecule has 0 aliphatic rings. The largest absolute Gasteiger partial charge is 0.344 e. The summed E-state index contributed by atoms with van der Waals surface area (Å²) >= 11 is 1.11. The van der Waals surface area contributed by atoms with Gasteiger partial charge in [-0.25, -0.2) is 5.26 Å². The second kappa shape index (κ2) is 10.4. The van der Waals surface area contributed by atoms with Crippen LogP contribution in [-0.4, -0.2) is 15.6 Å². The summed E-state index contributed by atoms with van der Waals surface area (Å²) in [7, 11) is 2.13. The van der Waals surface area contributed by atoms with Crippen LogP contribution in [0.4, 0.5) is 0 Å². The van der Waals surface area contributed by atoms with E-state index in [1.165, 1.54) is 43.8 Å². The molecule has 3 aromatic carbocycles. The number of rotatable bonds is 9. The van der Waals surface area contributed by atoms with E-state index in [2.05, 4.69) is 117 Å². The maximum atomic E-state index is 8.20. The highest BCUT2D eigenvalue weighted by molar-refractivity contribution is 7.94. The molecular weight excluding hydrogens is 444 g/mol. The molecule has 0 bridgehead atoms. The zero-order valence-corrected chi connectivity index (χ0v) is 19.9. The Morgan fingerprint density at radius 1 is 0.882 bits per heavy atom. The number of benzene rings is 3. The van der Waals surface area contributed by atoms with Gasteiger partial charge in [0.1, 0.15) is 6.54 Å². The molecule has 0 unspecified atom stereocenters. The van der Waals surface area contributed by atoms with Crippen molar-refractivity contribution in [2.24, 2.45) is 7.05 Å². The van der Waals surface area contributed by atoms with Gasteiger partial charge in [0.05, 0.1) is 5.39 Å². The van der Waals surface area contributed by atoms with Crippen LogP contribution < -0.4 is 4.57 Å². The molecule has 172 valence electrons. The normalized spacial score (nSPS) is 11.9. The Hall–Kier alpha value is -3.16. The van der Waals surface area contributed by atoms with Crippen molar-refractivity contribution in [1.29, 1.82) is 0 Å². The molecule has 5 aromatic rings. The van der Waals surface area contributed by atoms with Gasteiger partial charge in [0.2, 0.25) is 5.52 Å². The Morgan fingerprint density at radius 2 is 1.68 bits per heavy atom. The Kier molecular flexibility index (Phi) is 6.92. The minimum atomic E-state index is 0.765. The van der Waals surface area contributed by atoms with Crippen LogP contribution in [0.5, 0.6) is 0 Å². The van der Waals surface area contributed by atoms with Crippen LogP contribution >= 0.6 is 12.0 Å². The van der Waals surface area contributed by atoms with E-state index >= 15 is 0 Å². The molecule has 5 rings (SSSR count). The summed E-state index contributed by atoms with van der Waals surface area (Å²) in [6, 6.07) is 26.0. The lowest BCUT2D eigenvalue weighted by molar-refractivity contribution is -0.671. The van der Waals surface area contributed by atoms with Gasteiger partial charge in [-0.3, -0.25) is 0 Å². The minimum absolute atomic E-state index is 0.765. The molecule has 0 saturated heterocycles. The van der Waals surface area contributed by atoms with Gasteiger partial charge in [-0.05, 0) is 41.8 Å². The van der Waals surface area contributed by atoms with Crippen LogP contribution in [-0.2, 0) is 23.0 Å². The summed E-state index contributed by atoms with van der Waals surface area (Å²) in [5, 5.41) is 15.6. The van der Waals surface area contributed by atoms with Crippen LogP contribution in [0.2, 0.25) is 0 Å². The van der Waals surface area contributed by atoms with Crippen LogP contribution in [0.3, 0.4) is 0 Å². The molecule has 2 aromatic heterocycles. The van der Waals surface area contributed by atoms with Crippen molar-refractivity contribution in [3.63, 3.8) is 0 Å². The van der Waals surface area contributed by atoms with Crippen molar-refractivity contribution < 1.29 is 19.2 Å². The lowest BCUT2D eigenvalue weighted by Gasteiger charge is -2.05. The predicted octanol–water partition coefficient (Wildman–Crippen LogP) is 6.79. The fourth-order valence-electron chi connectivity index (χ4n) is 4.62. The maximum Gasteiger partial charge on any atom is 0.213 e. The molecule has 0 radical (unpaired) electrons. The van der Waals surface area contributed by atoms with Crippen LogP contribution in [0, 0.1) is 0 Å². The first-order valence-corrected chi connectivity index (χ1v) is 12.3. The molecule has 1 N–H and O–H groups in total. The SMILES string of the molecule is Cn1c2ccccc2c2cc(C=Cc3cc[n+](CCCCSOOO)c4ccccc34)ccc21. The summed E-state index contributed by atoms with van der Waals surface area (Å²) in [6.07, 6.45) is 8.55. The third-order valence-corrected chi connectivity index (χ3v) is 6.92. The van der Waals surface area contributed by atoms with E-state index in [4.69, 9.17) is 5.26 Å². The molecule has 34 heavy (non-hydrogen) atoms. The van der Waals surface area contributed by atoms with Crippen molar-refractivity contribution >= 4 is 56.9 Å². The quantitative estimate of drug-likeness (QED) is 0.0845. The standard InChI is InChI=1S/C28H26N2O3S/c1-29-26-10-4-3-9-24(26)25-20-21(13-15-27(25)29)12-14-22-16-18-30(17-6-7-19-34-33-32-31)28-11-5-2-8-23(22)28/h2-5,8-16,18,20H,6-7,17,19H2,1H3/p+1. The minimum Gasteiger partial charge on any atom is -0.344 e. The number of hydrogen-bond donors (Lipinski definition) is 1. The zero-order valence-electron chi connectivity index (χ0n) is 19.1. The summed E-state index contributed by atoms with van der Waals surface area (Å²) in [6.45, 7) is 0.919. The molecule has 5 nitrogen and oxygen atoms in total. The molecule has 0 spiro atoms. The summed E-state index contributed by atoms with van der Waals surface area (Å²) in [5.74, 6) is 0.765. The van der Waals surface area contributed by atoms with Crippen LogP contribution in [0.15, 0.2) is 79.0 Å². The van der Waals surface area contributed by atoms with Crippen molar-refractivity contribution in [3.05, 3.63) is 90.1 Å². The highest BCUT2D eigenvalue weighted by atomic mass is 32.2. The Morgan fingerprint density at radius 3 is 2.56 bits per heavy atom. The van der Waals surface area contributed by atoms with Crippen LogP contribution in [0.25, 0.3) is 44.9 Å². The third kappa shape index (κ3) is 4.58. The van der Waals surface area contributed by atoms with E-state index in [-0.39, 0.29) is 0 Å². The maximum absolute atomic E-state index is 8.20. The van der Waals surface area contributed by atoms with Crippen LogP contribution in [0.1, 0.15) is 24.0 Å². The predicted molar refractivity (Wildman–Crippen MR) is 140 cm³/mol. The zero-order chi connectivity index (χ0) is 23.3. The molecule has 0 atom stereocenters. The molecule has 0 aliphatic heterocycles. The van der Waals surface area contributed by atoms with Gasteiger partial charge in [-0.2, -0.15) is 4.57 Å². The molecule has 2 heterocycles. The second-order valence-corrected chi connectivity index (χ2v) is 9.12. The van der Waals surface area contributed by atoms with E-state index in [9.17, 15) is 0 Å². The Labute approximate surface area is 202 Å². The number of para-hydroxylation sites is 2. The molecule has 0 aliphatic carbocycles. The van der Waals surface area contributed by atoms with E-state index in [0.717, 1.165) is 37.2 Å². The number of nitrogens with zero attached hydrogens (tertiary/aromatic N) is 2. The monoisotopic (exact) mass is 471 g/mol. The molecule has 0 saturated carbocycles. The van der Waals surface area contributed by atoms with E-state index in [1.54, 1.807) is 0 Å². The highest BCUT2D eigenvalue weighted by Gasteiger charge is 2.11. The lowest BCUT2D eigenvalue weighted by Crippen LogP contribution is -2.34. The lowest BCUT2D eigenvalue weighted by atomic mass is 10.1. The summed E-state index contributed by atoms with van der Waals surface area (Å²) in [4.78, 5) is 0. The summed E-state index contributed by atoms with van der Waals surface area (Å²) < 4.78 is 8.99. The van der Waals surface area contributed by atoms with Gasteiger partial charge in [-0.15, -0.1) is 4.33 Å². The van der Waals surface area contributed by atoms with E-state index in [1.807, 2.05) is 0 Å². The average molecular weight is 472 g/mol. The van der Waals surface area contributed by atoms with Crippen molar-refractivity contribution in [1.82, 2.24) is 4.57 Å². The van der Waals surface area contributed by atoms with Crippen molar-refractivity contribution in [3.8, 4) is 0 Å². The average Bonchev–Trinajstić information content (AvgIpc) is 3.17. The smallest absolute Gasteiger partial charge is 0.213 e. The fourth-order valence-corrected chi connectivity index (χ4v) is 5.06. The summed E-state index contributed by atoms with van der Waals surface area (Å²) in [5.41, 5.74) is 6.12. The van der Waals surface area contributed by atoms with Gasteiger partial charge in [0.15, 0.2) is 6.20 Å². The highest BCUT2D eigenvalue weighted by Crippen LogP contribution is 2.29. The topological polar surface area (TPSA) is 47.5 Å². The first-order valence-electron chi connectivity index (χ1n) is 11.4. The first-order chi connectivity index (χ1) is 16.8. The van der Waals surface area contributed by atoms with Gasteiger partial charge in [-0.1, -0.05) is 53.6 Å². The number of pyridine rings is 1. The number of unbranched alkanes of at least 4 members (excludes halogenated alkanes) is 1. The third-order valence-electron chi connectivity index (χ3n) is 6.31. The van der Waals surface area contributed by atoms with Gasteiger partial charge < -0.3 is 4.57 Å². The molecule has 6 heteroatoms. The number of aryl methyl sites for hydroxylation is 2. The van der Waals surface area contributed by atoms with Gasteiger partial charge in [0, 0.05) is 65.2 Å². The Bertz CT molecular complexity index is 1480. The van der Waals surface area contributed by atoms with Gasteiger partial charge >= 0.3 is 0 Å². The number of fused-ring (bicyclic) bond motifs is 4. The van der Waals surface area contributed by atoms with Gasteiger partial charge in [0.25, 0.3) is 0 Å². The second-order valence-electron chi connectivity index (χ2n) is 8.34. The Balaban J connectivity index is 1.40. The first kappa shape index (κ1) is 22.6. The molecule has 0 fully saturated rings.